The van der Waals surface area contributed by atoms with Gasteiger partial charge in [-0.05, 0) is 43.5 Å². The molecule has 18 heavy (non-hydrogen) atoms. The fourth-order valence-electron chi connectivity index (χ4n) is 2.96. The zero-order valence-electron chi connectivity index (χ0n) is 11.0. The van der Waals surface area contributed by atoms with E-state index in [1.54, 1.807) is 6.07 Å². The van der Waals surface area contributed by atoms with Gasteiger partial charge in [-0.2, -0.15) is 0 Å². The molecule has 1 fully saturated rings. The van der Waals surface area contributed by atoms with Crippen molar-refractivity contribution in [2.45, 2.75) is 50.9 Å². The van der Waals surface area contributed by atoms with Crippen LogP contribution in [0.25, 0.3) is 0 Å². The topological polar surface area (TPSA) is 3.24 Å². The molecule has 0 atom stereocenters. The van der Waals surface area contributed by atoms with E-state index >= 15 is 0 Å². The van der Waals surface area contributed by atoms with Crippen molar-refractivity contribution in [3.05, 3.63) is 29.6 Å². The van der Waals surface area contributed by atoms with Crippen LogP contribution in [-0.2, 0) is 5.88 Å². The van der Waals surface area contributed by atoms with E-state index in [-0.39, 0.29) is 5.82 Å². The molecule has 0 amide bonds. The highest BCUT2D eigenvalue weighted by atomic mass is 35.5. The van der Waals surface area contributed by atoms with Crippen molar-refractivity contribution < 1.29 is 4.39 Å². The first kappa shape index (κ1) is 13.7. The fraction of sp³-hybridized carbons (Fsp3) is 0.600. The Balaban J connectivity index is 2.25. The number of anilines is 1. The monoisotopic (exact) mass is 269 g/mol. The Morgan fingerprint density at radius 2 is 2.00 bits per heavy atom. The average molecular weight is 270 g/mol. The number of nitrogens with zero attached hydrogens (tertiary/aromatic N) is 1. The largest absolute Gasteiger partial charge is 0.369 e. The van der Waals surface area contributed by atoms with E-state index in [0.29, 0.717) is 11.9 Å². The van der Waals surface area contributed by atoms with Gasteiger partial charge in [0.2, 0.25) is 0 Å². The third-order valence-electron chi connectivity index (χ3n) is 3.85. The van der Waals surface area contributed by atoms with Gasteiger partial charge in [-0.1, -0.05) is 19.3 Å². The van der Waals surface area contributed by atoms with Crippen LogP contribution in [0.15, 0.2) is 18.2 Å². The third-order valence-corrected chi connectivity index (χ3v) is 4.14. The molecule has 0 unspecified atom stereocenters. The SMILES string of the molecule is CCN(c1ccc(F)cc1CCl)C1CCCCC1. The van der Waals surface area contributed by atoms with Gasteiger partial charge in [-0.25, -0.2) is 4.39 Å². The lowest BCUT2D eigenvalue weighted by molar-refractivity contribution is 0.417. The van der Waals surface area contributed by atoms with Gasteiger partial charge in [0.25, 0.3) is 0 Å². The van der Waals surface area contributed by atoms with Crippen LogP contribution in [0.2, 0.25) is 0 Å². The zero-order chi connectivity index (χ0) is 13.0. The molecule has 2 rings (SSSR count). The maximum absolute atomic E-state index is 13.3. The molecule has 0 spiro atoms. The normalized spacial score (nSPS) is 16.8. The summed E-state index contributed by atoms with van der Waals surface area (Å²) in [5.74, 6) is 0.171. The predicted molar refractivity (Wildman–Crippen MR) is 75.9 cm³/mol. The van der Waals surface area contributed by atoms with E-state index in [9.17, 15) is 4.39 Å². The van der Waals surface area contributed by atoms with Crippen LogP contribution in [0.1, 0.15) is 44.6 Å². The molecule has 1 aromatic rings. The lowest BCUT2D eigenvalue weighted by Gasteiger charge is -2.36. The van der Waals surface area contributed by atoms with Crippen molar-refractivity contribution in [1.29, 1.82) is 0 Å². The Labute approximate surface area is 114 Å². The van der Waals surface area contributed by atoms with Gasteiger partial charge in [-0.15, -0.1) is 11.6 Å². The summed E-state index contributed by atoms with van der Waals surface area (Å²) >= 11 is 5.95. The zero-order valence-corrected chi connectivity index (χ0v) is 11.7. The van der Waals surface area contributed by atoms with E-state index in [1.165, 1.54) is 38.2 Å². The summed E-state index contributed by atoms with van der Waals surface area (Å²) < 4.78 is 13.3. The molecule has 100 valence electrons. The Hall–Kier alpha value is -0.760. The van der Waals surface area contributed by atoms with E-state index in [0.717, 1.165) is 17.8 Å². The van der Waals surface area contributed by atoms with Gasteiger partial charge in [0, 0.05) is 24.2 Å². The minimum atomic E-state index is -0.200. The number of alkyl halides is 1. The minimum absolute atomic E-state index is 0.200. The summed E-state index contributed by atoms with van der Waals surface area (Å²) in [5.41, 5.74) is 2.02. The summed E-state index contributed by atoms with van der Waals surface area (Å²) in [6, 6.07) is 5.58. The van der Waals surface area contributed by atoms with Crippen LogP contribution in [0.5, 0.6) is 0 Å². The fourth-order valence-corrected chi connectivity index (χ4v) is 3.17. The second-order valence-corrected chi connectivity index (χ2v) is 5.25. The number of rotatable bonds is 4. The van der Waals surface area contributed by atoms with Gasteiger partial charge in [-0.3, -0.25) is 0 Å². The third kappa shape index (κ3) is 2.97. The Kier molecular flexibility index (Phi) is 4.87. The molecule has 3 heteroatoms. The van der Waals surface area contributed by atoms with E-state index in [4.69, 9.17) is 11.6 Å². The molecule has 0 bridgehead atoms. The van der Waals surface area contributed by atoms with Crippen molar-refractivity contribution in [3.8, 4) is 0 Å². The molecule has 0 aromatic heterocycles. The maximum atomic E-state index is 13.3. The summed E-state index contributed by atoms with van der Waals surface area (Å²) in [6.07, 6.45) is 6.44. The summed E-state index contributed by atoms with van der Waals surface area (Å²) in [6.45, 7) is 3.12. The molecule has 0 aliphatic heterocycles. The van der Waals surface area contributed by atoms with E-state index < -0.39 is 0 Å². The Morgan fingerprint density at radius 3 is 2.61 bits per heavy atom. The summed E-state index contributed by atoms with van der Waals surface area (Å²) in [7, 11) is 0. The number of hydrogen-bond donors (Lipinski definition) is 0. The molecular formula is C15H21ClFN. The first-order chi connectivity index (χ1) is 8.76. The Morgan fingerprint density at radius 1 is 1.28 bits per heavy atom. The highest BCUT2D eigenvalue weighted by Crippen LogP contribution is 2.30. The first-order valence-corrected chi connectivity index (χ1v) is 7.40. The van der Waals surface area contributed by atoms with Gasteiger partial charge >= 0.3 is 0 Å². The lowest BCUT2D eigenvalue weighted by atomic mass is 9.93. The summed E-state index contributed by atoms with van der Waals surface area (Å²) in [5, 5.41) is 0. The number of halogens is 2. The summed E-state index contributed by atoms with van der Waals surface area (Å²) in [4.78, 5) is 2.40. The molecule has 0 saturated heterocycles. The van der Waals surface area contributed by atoms with Gasteiger partial charge < -0.3 is 4.90 Å². The Bertz CT molecular complexity index is 388. The molecular weight excluding hydrogens is 249 g/mol. The maximum Gasteiger partial charge on any atom is 0.123 e. The molecule has 1 aromatic carbocycles. The van der Waals surface area contributed by atoms with E-state index in [2.05, 4.69) is 11.8 Å². The number of hydrogen-bond acceptors (Lipinski definition) is 1. The van der Waals surface area contributed by atoms with Crippen molar-refractivity contribution in [2.24, 2.45) is 0 Å². The van der Waals surface area contributed by atoms with Crippen LogP contribution in [0.4, 0.5) is 10.1 Å². The molecule has 1 aliphatic carbocycles. The smallest absolute Gasteiger partial charge is 0.123 e. The van der Waals surface area contributed by atoms with Gasteiger partial charge in [0.15, 0.2) is 0 Å². The molecule has 0 heterocycles. The molecule has 1 saturated carbocycles. The van der Waals surface area contributed by atoms with Crippen LogP contribution in [-0.4, -0.2) is 12.6 Å². The van der Waals surface area contributed by atoms with Crippen LogP contribution >= 0.6 is 11.6 Å². The molecule has 1 nitrogen and oxygen atoms in total. The van der Waals surface area contributed by atoms with Gasteiger partial charge in [0.1, 0.15) is 5.82 Å². The molecule has 0 N–H and O–H groups in total. The lowest BCUT2D eigenvalue weighted by Crippen LogP contribution is -2.37. The molecule has 0 radical (unpaired) electrons. The molecule has 1 aliphatic rings. The van der Waals surface area contributed by atoms with Crippen LogP contribution < -0.4 is 4.90 Å². The first-order valence-electron chi connectivity index (χ1n) is 6.87. The van der Waals surface area contributed by atoms with Crippen molar-refractivity contribution in [2.75, 3.05) is 11.4 Å². The number of benzene rings is 1. The van der Waals surface area contributed by atoms with Crippen LogP contribution in [0.3, 0.4) is 0 Å². The second kappa shape index (κ2) is 6.42. The second-order valence-electron chi connectivity index (χ2n) is 4.98. The average Bonchev–Trinajstić information content (AvgIpc) is 2.42. The van der Waals surface area contributed by atoms with E-state index in [1.807, 2.05) is 6.07 Å². The highest BCUT2D eigenvalue weighted by Gasteiger charge is 2.21. The predicted octanol–water partition coefficient (Wildman–Crippen LogP) is 4.72. The van der Waals surface area contributed by atoms with Crippen molar-refractivity contribution >= 4 is 17.3 Å². The van der Waals surface area contributed by atoms with Gasteiger partial charge in [0.05, 0.1) is 0 Å². The minimum Gasteiger partial charge on any atom is -0.369 e. The van der Waals surface area contributed by atoms with Crippen molar-refractivity contribution in [3.63, 3.8) is 0 Å². The van der Waals surface area contributed by atoms with Crippen molar-refractivity contribution in [1.82, 2.24) is 0 Å². The standard InChI is InChI=1S/C15H21ClFN/c1-2-18(14-6-4-3-5-7-14)15-9-8-13(17)10-12(15)11-16/h8-10,14H,2-7,11H2,1H3. The quantitative estimate of drug-likeness (QED) is 0.715. The van der Waals surface area contributed by atoms with Crippen LogP contribution in [0, 0.1) is 5.82 Å². The highest BCUT2D eigenvalue weighted by molar-refractivity contribution is 6.17.